The SMILES string of the molecule is COC1=CC=CC(CCc2ccc(C(=O)O)c(Nc3ccccc3)c2)C1. The average Bonchev–Trinajstić information content (AvgIpc) is 2.67. The normalized spacial score (nSPS) is 16.0. The fourth-order valence-electron chi connectivity index (χ4n) is 3.13. The maximum Gasteiger partial charge on any atom is 0.337 e. The maximum atomic E-state index is 11.5. The van der Waals surface area contributed by atoms with Gasteiger partial charge in [-0.25, -0.2) is 4.79 Å². The van der Waals surface area contributed by atoms with Crippen LogP contribution in [0.1, 0.15) is 28.8 Å². The van der Waals surface area contributed by atoms with Crippen LogP contribution in [-0.4, -0.2) is 18.2 Å². The van der Waals surface area contributed by atoms with Gasteiger partial charge in [-0.2, -0.15) is 0 Å². The molecule has 2 aromatic rings. The summed E-state index contributed by atoms with van der Waals surface area (Å²) in [6.07, 6.45) is 9.04. The van der Waals surface area contributed by atoms with Gasteiger partial charge in [0.2, 0.25) is 0 Å². The number of carbonyl (C=O) groups is 1. The van der Waals surface area contributed by atoms with E-state index in [1.807, 2.05) is 54.6 Å². The van der Waals surface area contributed by atoms with E-state index in [1.165, 1.54) is 0 Å². The van der Waals surface area contributed by atoms with Gasteiger partial charge in [0.15, 0.2) is 0 Å². The molecule has 0 bridgehead atoms. The summed E-state index contributed by atoms with van der Waals surface area (Å²) < 4.78 is 5.34. The second kappa shape index (κ2) is 8.39. The molecule has 0 spiro atoms. The Hall–Kier alpha value is -3.01. The lowest BCUT2D eigenvalue weighted by Crippen LogP contribution is -2.06. The average molecular weight is 349 g/mol. The van der Waals surface area contributed by atoms with Crippen molar-refractivity contribution >= 4 is 17.3 Å². The van der Waals surface area contributed by atoms with Crippen LogP contribution >= 0.6 is 0 Å². The molecular weight excluding hydrogens is 326 g/mol. The Morgan fingerprint density at radius 3 is 2.77 bits per heavy atom. The zero-order valence-electron chi connectivity index (χ0n) is 14.8. The lowest BCUT2D eigenvalue weighted by molar-refractivity contribution is 0.0698. The summed E-state index contributed by atoms with van der Waals surface area (Å²) in [7, 11) is 1.70. The second-order valence-corrected chi connectivity index (χ2v) is 6.40. The number of allylic oxidation sites excluding steroid dienone is 4. The van der Waals surface area contributed by atoms with E-state index >= 15 is 0 Å². The molecular formula is C22H23NO3. The first-order chi connectivity index (χ1) is 12.7. The first kappa shape index (κ1) is 17.8. The fraction of sp³-hybridized carbons (Fsp3) is 0.227. The van der Waals surface area contributed by atoms with E-state index in [-0.39, 0.29) is 5.56 Å². The van der Waals surface area contributed by atoms with Crippen LogP contribution in [-0.2, 0) is 11.2 Å². The van der Waals surface area contributed by atoms with E-state index < -0.39 is 5.97 Å². The van der Waals surface area contributed by atoms with Gasteiger partial charge in [0.05, 0.1) is 24.1 Å². The number of rotatable bonds is 7. The van der Waals surface area contributed by atoms with Crippen molar-refractivity contribution in [2.75, 3.05) is 12.4 Å². The van der Waals surface area contributed by atoms with Gasteiger partial charge in [-0.05, 0) is 54.7 Å². The Bertz CT molecular complexity index is 825. The van der Waals surface area contributed by atoms with Crippen molar-refractivity contribution in [1.82, 2.24) is 0 Å². The smallest absolute Gasteiger partial charge is 0.337 e. The number of ether oxygens (including phenoxy) is 1. The fourth-order valence-corrected chi connectivity index (χ4v) is 3.13. The molecule has 1 aliphatic rings. The predicted octanol–water partition coefficient (Wildman–Crippen LogP) is 5.17. The van der Waals surface area contributed by atoms with E-state index in [0.717, 1.165) is 36.3 Å². The molecule has 1 atom stereocenters. The van der Waals surface area contributed by atoms with Gasteiger partial charge in [0, 0.05) is 12.1 Å². The molecule has 0 radical (unpaired) electrons. The van der Waals surface area contributed by atoms with Crippen LogP contribution in [0.2, 0.25) is 0 Å². The van der Waals surface area contributed by atoms with Crippen LogP contribution in [0.4, 0.5) is 11.4 Å². The van der Waals surface area contributed by atoms with Gasteiger partial charge in [-0.3, -0.25) is 0 Å². The number of para-hydroxylation sites is 1. The van der Waals surface area contributed by atoms with Gasteiger partial charge in [-0.1, -0.05) is 36.4 Å². The Morgan fingerprint density at radius 1 is 1.23 bits per heavy atom. The van der Waals surface area contributed by atoms with Crippen molar-refractivity contribution in [3.63, 3.8) is 0 Å². The number of carboxylic acids is 1. The van der Waals surface area contributed by atoms with Crippen molar-refractivity contribution in [3.05, 3.63) is 83.6 Å². The first-order valence-electron chi connectivity index (χ1n) is 8.75. The molecule has 4 heteroatoms. The van der Waals surface area contributed by atoms with E-state index in [0.29, 0.717) is 11.6 Å². The van der Waals surface area contributed by atoms with Gasteiger partial charge in [-0.15, -0.1) is 0 Å². The van der Waals surface area contributed by atoms with Crippen LogP contribution in [0.15, 0.2) is 72.5 Å². The van der Waals surface area contributed by atoms with E-state index in [2.05, 4.69) is 11.4 Å². The largest absolute Gasteiger partial charge is 0.501 e. The summed E-state index contributed by atoms with van der Waals surface area (Å²) in [4.78, 5) is 11.5. The third-order valence-electron chi connectivity index (χ3n) is 4.56. The van der Waals surface area contributed by atoms with Crippen LogP contribution in [0.5, 0.6) is 0 Å². The minimum atomic E-state index is -0.930. The number of hydrogen-bond acceptors (Lipinski definition) is 3. The quantitative estimate of drug-likeness (QED) is 0.724. The molecule has 2 aromatic carbocycles. The topological polar surface area (TPSA) is 58.6 Å². The molecule has 1 aliphatic carbocycles. The molecule has 0 saturated carbocycles. The highest BCUT2D eigenvalue weighted by Gasteiger charge is 2.14. The third-order valence-corrected chi connectivity index (χ3v) is 4.56. The molecule has 0 heterocycles. The molecule has 134 valence electrons. The first-order valence-corrected chi connectivity index (χ1v) is 8.75. The molecule has 0 fully saturated rings. The molecule has 26 heavy (non-hydrogen) atoms. The molecule has 0 aliphatic heterocycles. The van der Waals surface area contributed by atoms with Crippen LogP contribution in [0, 0.1) is 5.92 Å². The molecule has 0 amide bonds. The van der Waals surface area contributed by atoms with Gasteiger partial charge in [0.25, 0.3) is 0 Å². The Labute approximate surface area is 153 Å². The van der Waals surface area contributed by atoms with Gasteiger partial charge in [0.1, 0.15) is 0 Å². The number of anilines is 2. The Balaban J connectivity index is 1.72. The monoisotopic (exact) mass is 349 g/mol. The summed E-state index contributed by atoms with van der Waals surface area (Å²) in [6.45, 7) is 0. The number of methoxy groups -OCH3 is 1. The van der Waals surface area contributed by atoms with Crippen molar-refractivity contribution < 1.29 is 14.6 Å². The lowest BCUT2D eigenvalue weighted by Gasteiger charge is -2.18. The van der Waals surface area contributed by atoms with Crippen LogP contribution in [0.25, 0.3) is 0 Å². The van der Waals surface area contributed by atoms with Crippen molar-refractivity contribution in [2.45, 2.75) is 19.3 Å². The van der Waals surface area contributed by atoms with Crippen molar-refractivity contribution in [3.8, 4) is 0 Å². The minimum Gasteiger partial charge on any atom is -0.501 e. The summed E-state index contributed by atoms with van der Waals surface area (Å²) >= 11 is 0. The second-order valence-electron chi connectivity index (χ2n) is 6.40. The summed E-state index contributed by atoms with van der Waals surface area (Å²) in [5.41, 5.74) is 2.89. The highest BCUT2D eigenvalue weighted by atomic mass is 16.5. The zero-order valence-corrected chi connectivity index (χ0v) is 14.8. The molecule has 3 rings (SSSR count). The third kappa shape index (κ3) is 4.54. The van der Waals surface area contributed by atoms with Crippen molar-refractivity contribution in [1.29, 1.82) is 0 Å². The molecule has 1 unspecified atom stereocenters. The van der Waals surface area contributed by atoms with Crippen LogP contribution < -0.4 is 5.32 Å². The summed E-state index contributed by atoms with van der Waals surface area (Å²) in [6, 6.07) is 15.1. The number of benzene rings is 2. The highest BCUT2D eigenvalue weighted by molar-refractivity contribution is 5.95. The van der Waals surface area contributed by atoms with Crippen LogP contribution in [0.3, 0.4) is 0 Å². The lowest BCUT2D eigenvalue weighted by atomic mass is 9.92. The summed E-state index contributed by atoms with van der Waals surface area (Å²) in [5.74, 6) is 0.518. The number of hydrogen-bond donors (Lipinski definition) is 2. The summed E-state index contributed by atoms with van der Waals surface area (Å²) in [5, 5.41) is 12.7. The Kier molecular flexibility index (Phi) is 5.74. The zero-order chi connectivity index (χ0) is 18.4. The number of carboxylic acid groups (broad SMARTS) is 1. The van der Waals surface area contributed by atoms with E-state index in [4.69, 9.17) is 4.74 Å². The molecule has 2 N–H and O–H groups in total. The molecule has 0 aromatic heterocycles. The maximum absolute atomic E-state index is 11.5. The van der Waals surface area contributed by atoms with Crippen molar-refractivity contribution in [2.24, 2.45) is 5.92 Å². The molecule has 4 nitrogen and oxygen atoms in total. The standard InChI is InChI=1S/C22H23NO3/c1-26-19-9-5-6-16(14-19)10-11-17-12-13-20(22(24)25)21(15-17)23-18-7-3-2-4-8-18/h2-9,12-13,15-16,23H,10-11,14H2,1H3,(H,24,25). The predicted molar refractivity (Wildman–Crippen MR) is 104 cm³/mol. The Morgan fingerprint density at radius 2 is 2.04 bits per heavy atom. The number of aromatic carboxylic acids is 1. The van der Waals surface area contributed by atoms with E-state index in [1.54, 1.807) is 13.2 Å². The van der Waals surface area contributed by atoms with Gasteiger partial charge >= 0.3 is 5.97 Å². The minimum absolute atomic E-state index is 0.278. The number of nitrogens with one attached hydrogen (secondary N) is 1. The van der Waals surface area contributed by atoms with E-state index in [9.17, 15) is 9.90 Å². The highest BCUT2D eigenvalue weighted by Crippen LogP contribution is 2.26. The molecule has 0 saturated heterocycles. The van der Waals surface area contributed by atoms with Gasteiger partial charge < -0.3 is 15.2 Å². The number of aryl methyl sites for hydroxylation is 1.